The Morgan fingerprint density at radius 3 is 2.61 bits per heavy atom. The normalized spacial score (nSPS) is 27.1. The number of fused-ring (bicyclic) bond motifs is 8. The molecule has 0 N–H and O–H groups in total. The summed E-state index contributed by atoms with van der Waals surface area (Å²) >= 11 is 2.04. The fraction of sp³-hybridized carbons (Fsp3) is 0.217. The lowest BCUT2D eigenvalue weighted by Gasteiger charge is -2.40. The summed E-state index contributed by atoms with van der Waals surface area (Å²) in [4.78, 5) is 4.07. The second-order valence-corrected chi connectivity index (χ2v) is 15.3. The number of allylic oxidation sites excluding steroid dienone is 14. The molecule has 0 saturated heterocycles. The van der Waals surface area contributed by atoms with Crippen LogP contribution in [0.25, 0.3) is 21.9 Å². The summed E-state index contributed by atoms with van der Waals surface area (Å²) in [6.45, 7) is 0. The Hall–Kier alpha value is -4.73. The van der Waals surface area contributed by atoms with Crippen LogP contribution in [0.5, 0.6) is 5.75 Å². The Bertz CT molecular complexity index is 2200. The number of hydrogen-bond donors (Lipinski definition) is 0. The lowest BCUT2D eigenvalue weighted by Crippen LogP contribution is -2.37. The smallest absolute Gasteiger partial charge is 0.128 e. The van der Waals surface area contributed by atoms with Crippen molar-refractivity contribution in [2.24, 2.45) is 5.92 Å². The van der Waals surface area contributed by atoms with E-state index in [4.69, 9.17) is 4.74 Å². The van der Waals surface area contributed by atoms with Gasteiger partial charge in [0.05, 0.1) is 6.04 Å². The van der Waals surface area contributed by atoms with Gasteiger partial charge in [-0.05, 0) is 107 Å². The Kier molecular flexibility index (Phi) is 7.15. The van der Waals surface area contributed by atoms with E-state index in [2.05, 4.69) is 151 Å². The summed E-state index contributed by atoms with van der Waals surface area (Å²) in [5, 5.41) is 3.12. The first-order valence-electron chi connectivity index (χ1n) is 18.0. The molecule has 10 rings (SSSR count). The molecule has 7 aliphatic rings. The molecule has 3 aromatic carbocycles. The maximum Gasteiger partial charge on any atom is 0.128 e. The van der Waals surface area contributed by atoms with Crippen molar-refractivity contribution in [1.29, 1.82) is 0 Å². The summed E-state index contributed by atoms with van der Waals surface area (Å²) in [6, 6.07) is 18.8. The number of hydrogen-bond acceptors (Lipinski definition) is 3. The summed E-state index contributed by atoms with van der Waals surface area (Å²) in [5.41, 5.74) is 11.0. The van der Waals surface area contributed by atoms with Crippen LogP contribution in [0.1, 0.15) is 54.7 Å². The first-order chi connectivity index (χ1) is 24.3. The zero-order chi connectivity index (χ0) is 32.3. The molecule has 2 aliphatic heterocycles. The van der Waals surface area contributed by atoms with Gasteiger partial charge < -0.3 is 9.64 Å². The van der Waals surface area contributed by atoms with Gasteiger partial charge in [-0.3, -0.25) is 0 Å². The van der Waals surface area contributed by atoms with E-state index in [1.807, 2.05) is 11.8 Å². The molecular formula is C46H39NOS. The minimum atomic E-state index is 0.108. The highest BCUT2D eigenvalue weighted by Gasteiger charge is 2.35. The molecule has 5 aliphatic carbocycles. The van der Waals surface area contributed by atoms with E-state index in [0.717, 1.165) is 37.9 Å². The van der Waals surface area contributed by atoms with Gasteiger partial charge in [-0.15, -0.1) is 11.8 Å². The third-order valence-corrected chi connectivity index (χ3v) is 12.5. The number of benzene rings is 3. The minimum absolute atomic E-state index is 0.108. The predicted octanol–water partition coefficient (Wildman–Crippen LogP) is 11.6. The first kappa shape index (κ1) is 29.2. The van der Waals surface area contributed by atoms with Crippen LogP contribution in [-0.2, 0) is 0 Å². The van der Waals surface area contributed by atoms with Gasteiger partial charge in [0, 0.05) is 38.9 Å². The second kappa shape index (κ2) is 12.0. The van der Waals surface area contributed by atoms with Crippen molar-refractivity contribution in [3.05, 3.63) is 174 Å². The van der Waals surface area contributed by atoms with Crippen LogP contribution >= 0.6 is 11.8 Å². The molecule has 0 radical (unpaired) electrons. The molecule has 2 nitrogen and oxygen atoms in total. The molecule has 5 unspecified atom stereocenters. The van der Waals surface area contributed by atoms with E-state index in [1.165, 1.54) is 60.5 Å². The molecule has 5 atom stereocenters. The average Bonchev–Trinajstić information content (AvgIpc) is 3.74. The van der Waals surface area contributed by atoms with E-state index < -0.39 is 0 Å². The van der Waals surface area contributed by atoms with Gasteiger partial charge in [-0.25, -0.2) is 0 Å². The van der Waals surface area contributed by atoms with Gasteiger partial charge in [0.2, 0.25) is 0 Å². The SMILES string of the molecule is C1=CCC2Sc3cc(N(C4=CC=CCC4C4=CCCC=C4)C4C=CC(c5ccc6c7c(ccc6c5)OC5C=CC=CC75)=CC4)ccc3C2=C1. The lowest BCUT2D eigenvalue weighted by molar-refractivity contribution is 0.269. The van der Waals surface area contributed by atoms with Crippen LogP contribution in [0.3, 0.4) is 0 Å². The number of ether oxygens (including phenoxy) is 1. The van der Waals surface area contributed by atoms with Gasteiger partial charge in [-0.2, -0.15) is 0 Å². The van der Waals surface area contributed by atoms with Crippen LogP contribution in [-0.4, -0.2) is 17.4 Å². The number of anilines is 1. The van der Waals surface area contributed by atoms with Crippen molar-refractivity contribution in [3.63, 3.8) is 0 Å². The van der Waals surface area contributed by atoms with Crippen molar-refractivity contribution in [2.75, 3.05) is 4.90 Å². The maximum absolute atomic E-state index is 6.29. The highest BCUT2D eigenvalue weighted by Crippen LogP contribution is 2.50. The summed E-state index contributed by atoms with van der Waals surface area (Å²) in [5.74, 6) is 1.67. The van der Waals surface area contributed by atoms with Gasteiger partial charge >= 0.3 is 0 Å². The minimum Gasteiger partial charge on any atom is -0.485 e. The Morgan fingerprint density at radius 2 is 1.69 bits per heavy atom. The van der Waals surface area contributed by atoms with E-state index in [-0.39, 0.29) is 18.1 Å². The fourth-order valence-corrected chi connectivity index (χ4v) is 10.2. The molecule has 3 aromatic rings. The lowest BCUT2D eigenvalue weighted by atomic mass is 9.84. The van der Waals surface area contributed by atoms with Gasteiger partial charge in [-0.1, -0.05) is 109 Å². The molecular weight excluding hydrogens is 615 g/mol. The second-order valence-electron chi connectivity index (χ2n) is 14.0. The van der Waals surface area contributed by atoms with E-state index in [9.17, 15) is 0 Å². The number of nitrogens with zero attached hydrogens (tertiary/aromatic N) is 1. The van der Waals surface area contributed by atoms with Gasteiger partial charge in [0.15, 0.2) is 0 Å². The quantitative estimate of drug-likeness (QED) is 0.272. The van der Waals surface area contributed by atoms with Crippen molar-refractivity contribution >= 4 is 39.4 Å². The molecule has 0 fully saturated rings. The highest BCUT2D eigenvalue weighted by molar-refractivity contribution is 8.00. The van der Waals surface area contributed by atoms with Crippen LogP contribution in [0.15, 0.2) is 162 Å². The number of thioether (sulfide) groups is 1. The fourth-order valence-electron chi connectivity index (χ4n) is 8.81. The van der Waals surface area contributed by atoms with Crippen molar-refractivity contribution in [1.82, 2.24) is 0 Å². The van der Waals surface area contributed by atoms with Crippen LogP contribution in [0.4, 0.5) is 5.69 Å². The van der Waals surface area contributed by atoms with Crippen LogP contribution in [0.2, 0.25) is 0 Å². The van der Waals surface area contributed by atoms with E-state index in [0.29, 0.717) is 11.2 Å². The summed E-state index contributed by atoms with van der Waals surface area (Å²) in [6.07, 6.45) is 42.5. The zero-order valence-corrected chi connectivity index (χ0v) is 28.4. The molecule has 2 heterocycles. The molecule has 0 spiro atoms. The Morgan fingerprint density at radius 1 is 0.755 bits per heavy atom. The molecule has 0 aromatic heterocycles. The molecule has 0 saturated carbocycles. The molecule has 3 heteroatoms. The molecule has 49 heavy (non-hydrogen) atoms. The molecule has 0 amide bonds. The van der Waals surface area contributed by atoms with Gasteiger partial charge in [0.25, 0.3) is 0 Å². The highest BCUT2D eigenvalue weighted by atomic mass is 32.2. The van der Waals surface area contributed by atoms with E-state index in [1.54, 1.807) is 0 Å². The molecule has 0 bridgehead atoms. The monoisotopic (exact) mass is 653 g/mol. The van der Waals surface area contributed by atoms with E-state index >= 15 is 0 Å². The first-order valence-corrected chi connectivity index (χ1v) is 18.8. The van der Waals surface area contributed by atoms with Crippen molar-refractivity contribution in [3.8, 4) is 5.75 Å². The Balaban J connectivity index is 0.989. The largest absolute Gasteiger partial charge is 0.485 e. The van der Waals surface area contributed by atoms with Crippen molar-refractivity contribution < 1.29 is 4.74 Å². The average molecular weight is 654 g/mol. The topological polar surface area (TPSA) is 12.5 Å². The summed E-state index contributed by atoms with van der Waals surface area (Å²) in [7, 11) is 0. The van der Waals surface area contributed by atoms with Gasteiger partial charge in [0.1, 0.15) is 11.9 Å². The van der Waals surface area contributed by atoms with Crippen molar-refractivity contribution in [2.45, 2.75) is 60.3 Å². The third kappa shape index (κ3) is 5.01. The summed E-state index contributed by atoms with van der Waals surface area (Å²) < 4.78 is 6.29. The molecule has 240 valence electrons. The predicted molar refractivity (Wildman–Crippen MR) is 207 cm³/mol. The number of rotatable bonds is 5. The zero-order valence-electron chi connectivity index (χ0n) is 27.5. The van der Waals surface area contributed by atoms with Crippen LogP contribution < -0.4 is 9.64 Å². The van der Waals surface area contributed by atoms with Crippen LogP contribution in [0, 0.1) is 5.92 Å². The Labute approximate surface area is 293 Å². The maximum atomic E-state index is 6.29. The standard InChI is InChI=1S/C46H39NOS/c1-2-10-31(11-3-1)36-12-4-7-15-41(36)47(35-24-26-39-38-13-6-9-17-44(38)49-45(39)29-35)34-22-18-30(19-23-34)32-20-25-37-33(28-32)21-27-43-46(37)40-14-5-8-16-42(40)48-43/h2,4-11,13-16,18-22,24-29,34,36,40,42,44H,1,3,12,17,23H2. The third-order valence-electron chi connectivity index (χ3n) is 11.2.